The third-order valence-corrected chi connectivity index (χ3v) is 3.14. The second-order valence-electron chi connectivity index (χ2n) is 4.73. The van der Waals surface area contributed by atoms with Crippen LogP contribution in [0.15, 0.2) is 49.1 Å². The topological polar surface area (TPSA) is 47.0 Å². The molecule has 0 spiro atoms. The zero-order chi connectivity index (χ0) is 13.6. The highest BCUT2D eigenvalue weighted by molar-refractivity contribution is 5.24. The fourth-order valence-corrected chi connectivity index (χ4v) is 2.05. The zero-order valence-corrected chi connectivity index (χ0v) is 11.3. The zero-order valence-electron chi connectivity index (χ0n) is 11.3. The van der Waals surface area contributed by atoms with Crippen LogP contribution in [0.3, 0.4) is 0 Å². The van der Waals surface area contributed by atoms with Crippen molar-refractivity contribution in [1.82, 2.24) is 15.3 Å². The molecular weight excluding hydrogens is 238 g/mol. The minimum atomic E-state index is -0.230. The molecule has 1 atom stereocenters. The van der Waals surface area contributed by atoms with Crippen LogP contribution < -0.4 is 5.32 Å². The maximum atomic E-state index is 5.36. The SMILES string of the molecule is COC[C@](C)(NCc1cncnc1)c1ccccc1. The van der Waals surface area contributed by atoms with Crippen molar-refractivity contribution < 1.29 is 4.74 Å². The predicted octanol–water partition coefficient (Wildman–Crippen LogP) is 2.13. The first-order valence-electron chi connectivity index (χ1n) is 6.28. The predicted molar refractivity (Wildman–Crippen MR) is 74.5 cm³/mol. The van der Waals surface area contributed by atoms with Crippen molar-refractivity contribution in [3.63, 3.8) is 0 Å². The fourth-order valence-electron chi connectivity index (χ4n) is 2.05. The molecule has 1 aromatic heterocycles. The average molecular weight is 257 g/mol. The Morgan fingerprint density at radius 2 is 1.84 bits per heavy atom. The van der Waals surface area contributed by atoms with Crippen LogP contribution in [0.1, 0.15) is 18.1 Å². The molecule has 0 aliphatic carbocycles. The number of nitrogens with one attached hydrogen (secondary N) is 1. The number of benzene rings is 1. The lowest BCUT2D eigenvalue weighted by Gasteiger charge is -2.31. The minimum absolute atomic E-state index is 0.230. The molecule has 0 bridgehead atoms. The summed E-state index contributed by atoms with van der Waals surface area (Å²) in [6, 6.07) is 10.3. The van der Waals surface area contributed by atoms with E-state index in [-0.39, 0.29) is 5.54 Å². The van der Waals surface area contributed by atoms with Gasteiger partial charge in [0, 0.05) is 31.6 Å². The molecule has 0 unspecified atom stereocenters. The van der Waals surface area contributed by atoms with Gasteiger partial charge in [0.25, 0.3) is 0 Å². The van der Waals surface area contributed by atoms with Crippen LogP contribution in [0.2, 0.25) is 0 Å². The van der Waals surface area contributed by atoms with Gasteiger partial charge in [0.15, 0.2) is 0 Å². The molecule has 4 heteroatoms. The first kappa shape index (κ1) is 13.6. The van der Waals surface area contributed by atoms with Crippen LogP contribution in [0.4, 0.5) is 0 Å². The number of hydrogen-bond donors (Lipinski definition) is 1. The van der Waals surface area contributed by atoms with Crippen molar-refractivity contribution in [2.45, 2.75) is 19.0 Å². The molecular formula is C15H19N3O. The largest absolute Gasteiger partial charge is 0.382 e. The van der Waals surface area contributed by atoms with Gasteiger partial charge in [-0.1, -0.05) is 30.3 Å². The third-order valence-electron chi connectivity index (χ3n) is 3.14. The van der Waals surface area contributed by atoms with Crippen molar-refractivity contribution >= 4 is 0 Å². The summed E-state index contributed by atoms with van der Waals surface area (Å²) in [4.78, 5) is 8.04. The van der Waals surface area contributed by atoms with Gasteiger partial charge < -0.3 is 10.1 Å². The molecule has 1 aromatic carbocycles. The lowest BCUT2D eigenvalue weighted by Crippen LogP contribution is -2.43. The quantitative estimate of drug-likeness (QED) is 0.861. The Morgan fingerprint density at radius 3 is 2.47 bits per heavy atom. The maximum absolute atomic E-state index is 5.36. The molecule has 0 amide bonds. The molecule has 2 rings (SSSR count). The van der Waals surface area contributed by atoms with Crippen LogP contribution in [-0.4, -0.2) is 23.7 Å². The highest BCUT2D eigenvalue weighted by Crippen LogP contribution is 2.21. The van der Waals surface area contributed by atoms with Gasteiger partial charge in [-0.3, -0.25) is 0 Å². The summed E-state index contributed by atoms with van der Waals surface area (Å²) in [5.41, 5.74) is 2.03. The summed E-state index contributed by atoms with van der Waals surface area (Å²) in [5.74, 6) is 0. The van der Waals surface area contributed by atoms with E-state index in [0.717, 1.165) is 5.56 Å². The van der Waals surface area contributed by atoms with E-state index in [4.69, 9.17) is 4.74 Å². The highest BCUT2D eigenvalue weighted by atomic mass is 16.5. The van der Waals surface area contributed by atoms with E-state index in [1.54, 1.807) is 7.11 Å². The Hall–Kier alpha value is -1.78. The molecule has 4 nitrogen and oxygen atoms in total. The summed E-state index contributed by atoms with van der Waals surface area (Å²) in [5, 5.41) is 3.52. The number of methoxy groups -OCH3 is 1. The van der Waals surface area contributed by atoms with E-state index in [0.29, 0.717) is 13.2 Å². The van der Waals surface area contributed by atoms with Gasteiger partial charge in [-0.2, -0.15) is 0 Å². The Balaban J connectivity index is 2.12. The second kappa shape index (κ2) is 6.41. The Morgan fingerprint density at radius 1 is 1.16 bits per heavy atom. The molecule has 0 fully saturated rings. The van der Waals surface area contributed by atoms with E-state index < -0.39 is 0 Å². The summed E-state index contributed by atoms with van der Waals surface area (Å²) in [7, 11) is 1.72. The Kier molecular flexibility index (Phi) is 4.60. The fraction of sp³-hybridized carbons (Fsp3) is 0.333. The standard InChI is InChI=1S/C15H19N3O/c1-15(11-19-2,14-6-4-3-5-7-14)18-10-13-8-16-12-17-9-13/h3-9,12,18H,10-11H2,1-2H3/t15-/m0/s1. The van der Waals surface area contributed by atoms with E-state index in [1.165, 1.54) is 11.9 Å². The summed E-state index contributed by atoms with van der Waals surface area (Å²) >= 11 is 0. The molecule has 1 N–H and O–H groups in total. The van der Waals surface area contributed by atoms with Crippen LogP contribution >= 0.6 is 0 Å². The van der Waals surface area contributed by atoms with Gasteiger partial charge in [-0.05, 0) is 12.5 Å². The highest BCUT2D eigenvalue weighted by Gasteiger charge is 2.25. The number of ether oxygens (including phenoxy) is 1. The molecule has 0 saturated heterocycles. The summed E-state index contributed by atoms with van der Waals surface area (Å²) < 4.78 is 5.36. The molecule has 0 aliphatic rings. The molecule has 19 heavy (non-hydrogen) atoms. The Bertz CT molecular complexity index is 489. The summed E-state index contributed by atoms with van der Waals surface area (Å²) in [6.07, 6.45) is 5.17. The van der Waals surface area contributed by atoms with Crippen molar-refractivity contribution in [2.75, 3.05) is 13.7 Å². The number of aromatic nitrogens is 2. The molecule has 1 heterocycles. The first-order valence-corrected chi connectivity index (χ1v) is 6.28. The molecule has 0 radical (unpaired) electrons. The molecule has 100 valence electrons. The van der Waals surface area contributed by atoms with Crippen molar-refractivity contribution in [3.05, 3.63) is 60.2 Å². The van der Waals surface area contributed by atoms with Crippen molar-refractivity contribution in [1.29, 1.82) is 0 Å². The van der Waals surface area contributed by atoms with Crippen molar-refractivity contribution in [3.8, 4) is 0 Å². The third kappa shape index (κ3) is 3.59. The minimum Gasteiger partial charge on any atom is -0.382 e. The van der Waals surface area contributed by atoms with Crippen molar-refractivity contribution in [2.24, 2.45) is 0 Å². The van der Waals surface area contributed by atoms with Gasteiger partial charge in [0.2, 0.25) is 0 Å². The van der Waals surface area contributed by atoms with Gasteiger partial charge in [-0.15, -0.1) is 0 Å². The smallest absolute Gasteiger partial charge is 0.115 e. The maximum Gasteiger partial charge on any atom is 0.115 e. The summed E-state index contributed by atoms with van der Waals surface area (Å²) in [6.45, 7) is 3.44. The van der Waals surface area contributed by atoms with Crippen LogP contribution in [0, 0.1) is 0 Å². The van der Waals surface area contributed by atoms with Gasteiger partial charge in [0.05, 0.1) is 12.1 Å². The van der Waals surface area contributed by atoms with Crippen LogP contribution in [0.25, 0.3) is 0 Å². The lowest BCUT2D eigenvalue weighted by atomic mass is 9.92. The van der Waals surface area contributed by atoms with Crippen LogP contribution in [-0.2, 0) is 16.8 Å². The normalized spacial score (nSPS) is 14.0. The van der Waals surface area contributed by atoms with Gasteiger partial charge >= 0.3 is 0 Å². The van der Waals surface area contributed by atoms with Gasteiger partial charge in [0.1, 0.15) is 6.33 Å². The van der Waals surface area contributed by atoms with E-state index in [9.17, 15) is 0 Å². The lowest BCUT2D eigenvalue weighted by molar-refractivity contribution is 0.117. The molecule has 0 saturated carbocycles. The average Bonchev–Trinajstić information content (AvgIpc) is 2.48. The van der Waals surface area contributed by atoms with Gasteiger partial charge in [-0.25, -0.2) is 9.97 Å². The number of rotatable bonds is 6. The monoisotopic (exact) mass is 257 g/mol. The van der Waals surface area contributed by atoms with E-state index in [2.05, 4.69) is 34.3 Å². The molecule has 0 aliphatic heterocycles. The second-order valence-corrected chi connectivity index (χ2v) is 4.73. The molecule has 2 aromatic rings. The number of nitrogens with zero attached hydrogens (tertiary/aromatic N) is 2. The van der Waals surface area contributed by atoms with E-state index in [1.807, 2.05) is 30.6 Å². The van der Waals surface area contributed by atoms with E-state index >= 15 is 0 Å². The van der Waals surface area contributed by atoms with Crippen LogP contribution in [0.5, 0.6) is 0 Å². The number of hydrogen-bond acceptors (Lipinski definition) is 4. The first-order chi connectivity index (χ1) is 9.24. The Labute approximate surface area is 113 Å².